The lowest BCUT2D eigenvalue weighted by atomic mass is 10.1. The van der Waals surface area contributed by atoms with Crippen molar-refractivity contribution in [2.45, 2.75) is 19.4 Å². The molecule has 1 aliphatic rings. The van der Waals surface area contributed by atoms with Crippen molar-refractivity contribution in [3.05, 3.63) is 30.0 Å². The Morgan fingerprint density at radius 2 is 2.13 bits per heavy atom. The Hall–Kier alpha value is -1.92. The number of aromatic nitrogens is 2. The fourth-order valence-corrected chi connectivity index (χ4v) is 3.00. The molecule has 1 aromatic carbocycles. The minimum absolute atomic E-state index is 0.0776. The van der Waals surface area contributed by atoms with Crippen molar-refractivity contribution >= 4 is 16.8 Å². The molecule has 6 heteroatoms. The van der Waals surface area contributed by atoms with Crippen LogP contribution in [-0.2, 0) is 11.2 Å². The predicted octanol–water partition coefficient (Wildman–Crippen LogP) is 0.857. The summed E-state index contributed by atoms with van der Waals surface area (Å²) in [6.07, 6.45) is 2.20. The molecule has 0 aliphatic carbocycles. The van der Waals surface area contributed by atoms with Crippen molar-refractivity contribution in [1.29, 1.82) is 0 Å². The van der Waals surface area contributed by atoms with Crippen LogP contribution in [-0.4, -0.2) is 71.7 Å². The first kappa shape index (κ1) is 16.0. The van der Waals surface area contributed by atoms with Crippen LogP contribution in [0.3, 0.4) is 0 Å². The largest absolute Gasteiger partial charge is 0.354 e. The van der Waals surface area contributed by atoms with Crippen LogP contribution in [0.4, 0.5) is 0 Å². The molecule has 1 aromatic heterocycles. The normalized spacial score (nSPS) is 18.2. The summed E-state index contributed by atoms with van der Waals surface area (Å²) in [5.74, 6) is 0.0776. The molecule has 1 saturated heterocycles. The number of fused-ring (bicyclic) bond motifs is 1. The highest BCUT2D eigenvalue weighted by molar-refractivity contribution is 5.82. The number of nitrogens with zero attached hydrogens (tertiary/aromatic N) is 3. The van der Waals surface area contributed by atoms with Crippen LogP contribution in [0.1, 0.15) is 12.5 Å². The summed E-state index contributed by atoms with van der Waals surface area (Å²) in [4.78, 5) is 16.9. The van der Waals surface area contributed by atoms with Crippen LogP contribution in [0.15, 0.2) is 24.4 Å². The summed E-state index contributed by atoms with van der Waals surface area (Å²) >= 11 is 0. The molecule has 23 heavy (non-hydrogen) atoms. The SMILES string of the molecule is CC(CNC(=O)Cc1ccc2[nH]ncc2c1)N1CCN(C)CC1. The highest BCUT2D eigenvalue weighted by Crippen LogP contribution is 2.13. The molecule has 2 aromatic rings. The summed E-state index contributed by atoms with van der Waals surface area (Å²) in [5.41, 5.74) is 2.02. The third kappa shape index (κ3) is 4.09. The van der Waals surface area contributed by atoms with Gasteiger partial charge in [-0.15, -0.1) is 0 Å². The number of piperazine rings is 1. The van der Waals surface area contributed by atoms with E-state index in [1.165, 1.54) is 0 Å². The van der Waals surface area contributed by atoms with Crippen molar-refractivity contribution in [1.82, 2.24) is 25.3 Å². The maximum Gasteiger partial charge on any atom is 0.224 e. The number of carbonyl (C=O) groups excluding carboxylic acids is 1. The van der Waals surface area contributed by atoms with E-state index in [9.17, 15) is 4.79 Å². The number of rotatable bonds is 5. The van der Waals surface area contributed by atoms with E-state index in [-0.39, 0.29) is 5.91 Å². The molecule has 1 atom stereocenters. The minimum Gasteiger partial charge on any atom is -0.354 e. The van der Waals surface area contributed by atoms with Gasteiger partial charge >= 0.3 is 0 Å². The van der Waals surface area contributed by atoms with Crippen LogP contribution in [0, 0.1) is 0 Å². The van der Waals surface area contributed by atoms with E-state index in [1.54, 1.807) is 6.20 Å². The van der Waals surface area contributed by atoms with Gasteiger partial charge in [-0.05, 0) is 31.7 Å². The van der Waals surface area contributed by atoms with Crippen molar-refractivity contribution in [3.8, 4) is 0 Å². The van der Waals surface area contributed by atoms with Gasteiger partial charge in [-0.3, -0.25) is 14.8 Å². The Labute approximate surface area is 136 Å². The molecule has 2 N–H and O–H groups in total. The number of hydrogen-bond acceptors (Lipinski definition) is 4. The maximum atomic E-state index is 12.2. The molecular weight excluding hydrogens is 290 g/mol. The zero-order chi connectivity index (χ0) is 16.2. The van der Waals surface area contributed by atoms with Crippen LogP contribution in [0.2, 0.25) is 0 Å². The summed E-state index contributed by atoms with van der Waals surface area (Å²) in [5, 5.41) is 11.0. The van der Waals surface area contributed by atoms with Crippen LogP contribution in [0.25, 0.3) is 10.9 Å². The van der Waals surface area contributed by atoms with Gasteiger partial charge in [0, 0.05) is 44.2 Å². The molecule has 3 rings (SSSR count). The maximum absolute atomic E-state index is 12.2. The topological polar surface area (TPSA) is 64.3 Å². The molecule has 0 radical (unpaired) electrons. The number of likely N-dealkylation sites (N-methyl/N-ethyl adjacent to an activating group) is 1. The number of aromatic amines is 1. The first-order valence-corrected chi connectivity index (χ1v) is 8.23. The predicted molar refractivity (Wildman–Crippen MR) is 91.3 cm³/mol. The summed E-state index contributed by atoms with van der Waals surface area (Å²) < 4.78 is 0. The lowest BCUT2D eigenvalue weighted by Crippen LogP contribution is -2.51. The average Bonchev–Trinajstić information content (AvgIpc) is 3.01. The van der Waals surface area contributed by atoms with E-state index in [0.717, 1.165) is 42.6 Å². The molecule has 6 nitrogen and oxygen atoms in total. The molecule has 0 spiro atoms. The van der Waals surface area contributed by atoms with Crippen molar-refractivity contribution in [2.24, 2.45) is 0 Å². The Kier molecular flexibility index (Phi) is 4.93. The van der Waals surface area contributed by atoms with Crippen LogP contribution < -0.4 is 5.32 Å². The van der Waals surface area contributed by atoms with Crippen LogP contribution >= 0.6 is 0 Å². The minimum atomic E-state index is 0.0776. The second kappa shape index (κ2) is 7.10. The van der Waals surface area contributed by atoms with Crippen LogP contribution in [0.5, 0.6) is 0 Å². The average molecular weight is 315 g/mol. The monoisotopic (exact) mass is 315 g/mol. The van der Waals surface area contributed by atoms with E-state index >= 15 is 0 Å². The van der Waals surface area contributed by atoms with Gasteiger partial charge in [-0.25, -0.2) is 0 Å². The molecular formula is C17H25N5O. The lowest BCUT2D eigenvalue weighted by Gasteiger charge is -2.36. The van der Waals surface area contributed by atoms with E-state index in [1.807, 2.05) is 18.2 Å². The Bertz CT molecular complexity index is 660. The number of hydrogen-bond donors (Lipinski definition) is 2. The molecule has 1 amide bonds. The zero-order valence-corrected chi connectivity index (χ0v) is 13.9. The molecule has 0 bridgehead atoms. The summed E-state index contributed by atoms with van der Waals surface area (Å²) in [6.45, 7) is 7.24. The van der Waals surface area contributed by atoms with E-state index in [2.05, 4.69) is 39.3 Å². The van der Waals surface area contributed by atoms with Crippen molar-refractivity contribution in [2.75, 3.05) is 39.8 Å². The number of carbonyl (C=O) groups is 1. The standard InChI is InChI=1S/C17H25N5O/c1-13(22-7-5-21(2)6-8-22)11-18-17(23)10-14-3-4-16-15(9-14)12-19-20-16/h3-4,9,12-13H,5-8,10-11H2,1-2H3,(H,18,23)(H,19,20). The first-order valence-electron chi connectivity index (χ1n) is 8.23. The van der Waals surface area contributed by atoms with Gasteiger partial charge in [0.2, 0.25) is 5.91 Å². The molecule has 1 fully saturated rings. The Balaban J connectivity index is 1.47. The highest BCUT2D eigenvalue weighted by atomic mass is 16.1. The van der Waals surface area contributed by atoms with E-state index in [0.29, 0.717) is 19.0 Å². The third-order valence-corrected chi connectivity index (χ3v) is 4.63. The molecule has 2 heterocycles. The smallest absolute Gasteiger partial charge is 0.224 e. The van der Waals surface area contributed by atoms with Gasteiger partial charge in [0.15, 0.2) is 0 Å². The first-order chi connectivity index (χ1) is 11.1. The molecule has 1 unspecified atom stereocenters. The molecule has 124 valence electrons. The number of amides is 1. The van der Waals surface area contributed by atoms with Gasteiger partial charge < -0.3 is 10.2 Å². The number of nitrogens with one attached hydrogen (secondary N) is 2. The highest BCUT2D eigenvalue weighted by Gasteiger charge is 2.19. The van der Waals surface area contributed by atoms with Crippen molar-refractivity contribution in [3.63, 3.8) is 0 Å². The third-order valence-electron chi connectivity index (χ3n) is 4.63. The Morgan fingerprint density at radius 1 is 1.35 bits per heavy atom. The number of benzene rings is 1. The van der Waals surface area contributed by atoms with Gasteiger partial charge in [-0.2, -0.15) is 5.10 Å². The fourth-order valence-electron chi connectivity index (χ4n) is 3.00. The lowest BCUT2D eigenvalue weighted by molar-refractivity contribution is -0.120. The van der Waals surface area contributed by atoms with Gasteiger partial charge in [0.05, 0.1) is 18.1 Å². The summed E-state index contributed by atoms with van der Waals surface area (Å²) in [7, 11) is 2.15. The molecule has 1 aliphatic heterocycles. The zero-order valence-electron chi connectivity index (χ0n) is 13.9. The summed E-state index contributed by atoms with van der Waals surface area (Å²) in [6, 6.07) is 6.34. The Morgan fingerprint density at radius 3 is 2.91 bits per heavy atom. The van der Waals surface area contributed by atoms with Gasteiger partial charge in [0.1, 0.15) is 0 Å². The van der Waals surface area contributed by atoms with Gasteiger partial charge in [-0.1, -0.05) is 6.07 Å². The number of H-pyrrole nitrogens is 1. The second-order valence-electron chi connectivity index (χ2n) is 6.46. The van der Waals surface area contributed by atoms with E-state index in [4.69, 9.17) is 0 Å². The second-order valence-corrected chi connectivity index (χ2v) is 6.46. The quantitative estimate of drug-likeness (QED) is 0.859. The van der Waals surface area contributed by atoms with Crippen molar-refractivity contribution < 1.29 is 4.79 Å². The van der Waals surface area contributed by atoms with Gasteiger partial charge in [0.25, 0.3) is 0 Å². The van der Waals surface area contributed by atoms with E-state index < -0.39 is 0 Å². The fraction of sp³-hybridized carbons (Fsp3) is 0.529. The molecule has 0 saturated carbocycles.